The number of carbonyl (C=O) groups is 1. The molecule has 1 fully saturated rings. The van der Waals surface area contributed by atoms with Gasteiger partial charge < -0.3 is 9.64 Å². The lowest BCUT2D eigenvalue weighted by atomic mass is 9.80. The zero-order chi connectivity index (χ0) is 18.3. The Balaban J connectivity index is 1.42. The molecule has 2 heterocycles. The lowest BCUT2D eigenvalue weighted by Gasteiger charge is -2.40. The van der Waals surface area contributed by atoms with Crippen LogP contribution in [-0.2, 0) is 13.2 Å². The fraction of sp³-hybridized carbons (Fsp3) is 0.444. The second kappa shape index (κ2) is 6.34. The van der Waals surface area contributed by atoms with Crippen LogP contribution in [0.4, 0.5) is 13.2 Å². The molecule has 1 aromatic heterocycles. The molecule has 2 aromatic rings. The maximum atomic E-state index is 13.5. The average molecular weight is 365 g/mol. The van der Waals surface area contributed by atoms with Gasteiger partial charge >= 0.3 is 0 Å². The number of alkyl halides is 2. The zero-order valence-corrected chi connectivity index (χ0v) is 14.0. The summed E-state index contributed by atoms with van der Waals surface area (Å²) in [6, 6.07) is 7.36. The molecule has 1 atom stereocenters. The van der Waals surface area contributed by atoms with Gasteiger partial charge in [-0.1, -0.05) is 6.07 Å². The van der Waals surface area contributed by atoms with Crippen molar-refractivity contribution in [3.8, 4) is 5.75 Å². The van der Waals surface area contributed by atoms with Crippen molar-refractivity contribution in [1.29, 1.82) is 0 Å². The summed E-state index contributed by atoms with van der Waals surface area (Å²) in [5, 5.41) is 4.32. The summed E-state index contributed by atoms with van der Waals surface area (Å²) < 4.78 is 47.2. The van der Waals surface area contributed by atoms with E-state index in [1.807, 2.05) is 0 Å². The van der Waals surface area contributed by atoms with Crippen LogP contribution in [0.15, 0.2) is 30.3 Å². The number of carbonyl (C=O) groups excluding carboxylic acids is 1. The van der Waals surface area contributed by atoms with Gasteiger partial charge in [0.05, 0.1) is 6.54 Å². The summed E-state index contributed by atoms with van der Waals surface area (Å²) in [6.45, 7) is 0.993. The van der Waals surface area contributed by atoms with E-state index in [0.717, 1.165) is 0 Å². The van der Waals surface area contributed by atoms with Gasteiger partial charge in [-0.2, -0.15) is 5.10 Å². The first kappa shape index (κ1) is 16.9. The van der Waals surface area contributed by atoms with Crippen molar-refractivity contribution in [3.63, 3.8) is 0 Å². The van der Waals surface area contributed by atoms with E-state index < -0.39 is 17.7 Å². The Hall–Kier alpha value is -2.51. The van der Waals surface area contributed by atoms with E-state index in [2.05, 4.69) is 5.10 Å². The number of amides is 1. The minimum atomic E-state index is -2.66. The Morgan fingerprint density at radius 1 is 1.27 bits per heavy atom. The van der Waals surface area contributed by atoms with Crippen molar-refractivity contribution >= 4 is 5.91 Å². The molecule has 0 saturated heterocycles. The predicted molar refractivity (Wildman–Crippen MR) is 86.5 cm³/mol. The summed E-state index contributed by atoms with van der Waals surface area (Å²) >= 11 is 0. The van der Waals surface area contributed by atoms with Crippen molar-refractivity contribution in [2.45, 2.75) is 31.9 Å². The molecule has 4 rings (SSSR count). The number of aromatic nitrogens is 2. The molecule has 1 aliphatic heterocycles. The van der Waals surface area contributed by atoms with Crippen LogP contribution in [0.1, 0.15) is 29.0 Å². The van der Waals surface area contributed by atoms with Gasteiger partial charge in [0.1, 0.15) is 29.6 Å². The van der Waals surface area contributed by atoms with Crippen molar-refractivity contribution in [2.75, 3.05) is 13.1 Å². The Morgan fingerprint density at radius 3 is 2.81 bits per heavy atom. The van der Waals surface area contributed by atoms with Crippen LogP contribution in [0.5, 0.6) is 5.75 Å². The van der Waals surface area contributed by atoms with Crippen molar-refractivity contribution < 1.29 is 22.7 Å². The van der Waals surface area contributed by atoms with Gasteiger partial charge in [0.2, 0.25) is 0 Å². The summed E-state index contributed by atoms with van der Waals surface area (Å²) in [4.78, 5) is 14.0. The third kappa shape index (κ3) is 3.15. The van der Waals surface area contributed by atoms with Crippen LogP contribution >= 0.6 is 0 Å². The molecule has 5 nitrogen and oxygen atoms in total. The topological polar surface area (TPSA) is 47.4 Å². The van der Waals surface area contributed by atoms with Gasteiger partial charge in [0.15, 0.2) is 0 Å². The largest absolute Gasteiger partial charge is 0.487 e. The number of hydrogen-bond acceptors (Lipinski definition) is 3. The first-order valence-corrected chi connectivity index (χ1v) is 8.54. The molecular weight excluding hydrogens is 347 g/mol. The maximum Gasteiger partial charge on any atom is 0.272 e. The normalized spacial score (nSPS) is 21.3. The Bertz CT molecular complexity index is 837. The van der Waals surface area contributed by atoms with Crippen LogP contribution in [0.25, 0.3) is 0 Å². The van der Waals surface area contributed by atoms with Crippen LogP contribution in [-0.4, -0.2) is 39.6 Å². The quantitative estimate of drug-likeness (QED) is 0.818. The van der Waals surface area contributed by atoms with Gasteiger partial charge in [-0.25, -0.2) is 13.2 Å². The Kier molecular flexibility index (Phi) is 4.13. The summed E-state index contributed by atoms with van der Waals surface area (Å²) in [5.41, 5.74) is 0.908. The van der Waals surface area contributed by atoms with E-state index in [-0.39, 0.29) is 25.5 Å². The molecule has 0 N–H and O–H groups in total. The van der Waals surface area contributed by atoms with Crippen molar-refractivity contribution in [3.05, 3.63) is 47.5 Å². The molecule has 0 spiro atoms. The third-order valence-electron chi connectivity index (χ3n) is 4.97. The standard InChI is InChI=1S/C18H18F3N3O2/c19-13-2-1-3-15(8-13)26-11-14-9-16-17(25)23(6-7-24(16)22-14)10-12-4-5-18(12,20)21/h1-3,8-9,12H,4-7,10-11H2/t12-/m1/s1. The Labute approximate surface area is 148 Å². The van der Waals surface area contributed by atoms with Crippen LogP contribution in [0.2, 0.25) is 0 Å². The summed E-state index contributed by atoms with van der Waals surface area (Å²) in [7, 11) is 0. The molecule has 1 aliphatic carbocycles. The number of ether oxygens (including phenoxy) is 1. The maximum absolute atomic E-state index is 13.5. The first-order valence-electron chi connectivity index (χ1n) is 8.54. The van der Waals surface area contributed by atoms with Crippen LogP contribution < -0.4 is 4.74 Å². The van der Waals surface area contributed by atoms with Crippen molar-refractivity contribution in [2.24, 2.45) is 5.92 Å². The molecule has 138 valence electrons. The van der Waals surface area contributed by atoms with E-state index in [4.69, 9.17) is 4.74 Å². The lowest BCUT2D eigenvalue weighted by molar-refractivity contribution is -0.137. The minimum Gasteiger partial charge on any atom is -0.487 e. The SMILES string of the molecule is O=C1c2cc(COc3cccc(F)c3)nn2CCN1C[C@H]1CCC1(F)F. The molecule has 0 unspecified atom stereocenters. The molecule has 1 saturated carbocycles. The molecule has 0 bridgehead atoms. The number of hydrogen-bond donors (Lipinski definition) is 0. The van der Waals surface area contributed by atoms with E-state index in [1.54, 1.807) is 22.9 Å². The van der Waals surface area contributed by atoms with Crippen molar-refractivity contribution in [1.82, 2.24) is 14.7 Å². The Morgan fingerprint density at radius 2 is 2.12 bits per heavy atom. The van der Waals surface area contributed by atoms with Crippen LogP contribution in [0.3, 0.4) is 0 Å². The molecule has 8 heteroatoms. The van der Waals surface area contributed by atoms with E-state index in [9.17, 15) is 18.0 Å². The smallest absolute Gasteiger partial charge is 0.272 e. The highest BCUT2D eigenvalue weighted by Crippen LogP contribution is 2.43. The zero-order valence-electron chi connectivity index (χ0n) is 14.0. The van der Waals surface area contributed by atoms with Gasteiger partial charge in [-0.05, 0) is 24.6 Å². The van der Waals surface area contributed by atoms with E-state index >= 15 is 0 Å². The molecule has 26 heavy (non-hydrogen) atoms. The van der Waals surface area contributed by atoms with E-state index in [0.29, 0.717) is 36.6 Å². The fourth-order valence-corrected chi connectivity index (χ4v) is 3.31. The number of benzene rings is 1. The molecule has 0 radical (unpaired) electrons. The molecule has 2 aliphatic rings. The average Bonchev–Trinajstić information content (AvgIpc) is 3.03. The third-order valence-corrected chi connectivity index (χ3v) is 4.97. The molecular formula is C18H18F3N3O2. The highest BCUT2D eigenvalue weighted by atomic mass is 19.3. The highest BCUT2D eigenvalue weighted by Gasteiger charge is 2.49. The second-order valence-electron chi connectivity index (χ2n) is 6.74. The van der Waals surface area contributed by atoms with Gasteiger partial charge in [-0.3, -0.25) is 9.48 Å². The molecule has 1 amide bonds. The number of halogens is 3. The minimum absolute atomic E-state index is 0.0755. The van der Waals surface area contributed by atoms with Crippen LogP contribution in [0, 0.1) is 11.7 Å². The number of nitrogens with zero attached hydrogens (tertiary/aromatic N) is 3. The highest BCUT2D eigenvalue weighted by molar-refractivity contribution is 5.93. The van der Waals surface area contributed by atoms with Gasteiger partial charge in [-0.15, -0.1) is 0 Å². The number of rotatable bonds is 5. The van der Waals surface area contributed by atoms with E-state index in [1.165, 1.54) is 17.0 Å². The molecule has 1 aromatic carbocycles. The summed E-state index contributed by atoms with van der Waals surface area (Å²) in [6.07, 6.45) is 0.349. The first-order chi connectivity index (χ1) is 12.4. The van der Waals surface area contributed by atoms with Gasteiger partial charge in [0, 0.05) is 31.5 Å². The summed E-state index contributed by atoms with van der Waals surface area (Å²) in [5.74, 6) is -3.73. The second-order valence-corrected chi connectivity index (χ2v) is 6.74. The monoisotopic (exact) mass is 365 g/mol. The number of fused-ring (bicyclic) bond motifs is 1. The fourth-order valence-electron chi connectivity index (χ4n) is 3.31. The predicted octanol–water partition coefficient (Wildman–Crippen LogP) is 3.10. The lowest BCUT2D eigenvalue weighted by Crippen LogP contribution is -2.50. The van der Waals surface area contributed by atoms with Gasteiger partial charge in [0.25, 0.3) is 11.8 Å².